The summed E-state index contributed by atoms with van der Waals surface area (Å²) >= 11 is 5.11. The molecule has 12 heavy (non-hydrogen) atoms. The van der Waals surface area contributed by atoms with Crippen molar-refractivity contribution in [2.45, 2.75) is 0 Å². The number of thiophene rings is 1. The average Bonchev–Trinajstić information content (AvgIpc) is 2.57. The van der Waals surface area contributed by atoms with Crippen molar-refractivity contribution in [2.24, 2.45) is 0 Å². The Morgan fingerprint density at radius 1 is 1.33 bits per heavy atom. The first-order valence-electron chi connectivity index (χ1n) is 3.51. The van der Waals surface area contributed by atoms with E-state index >= 15 is 0 Å². The number of halogens is 1. The fraction of sp³-hybridized carbons (Fsp3) is 0. The second-order valence-corrected chi connectivity index (χ2v) is 3.88. The van der Waals surface area contributed by atoms with Crippen LogP contribution >= 0.6 is 27.3 Å². The Balaban J connectivity index is 2.55. The normalized spacial score (nSPS) is 10.1. The molecule has 0 aromatic carbocycles. The van der Waals surface area contributed by atoms with Gasteiger partial charge in [-0.1, -0.05) is 6.07 Å². The van der Waals surface area contributed by atoms with Crippen LogP contribution in [-0.2, 0) is 0 Å². The van der Waals surface area contributed by atoms with E-state index in [-0.39, 0.29) is 0 Å². The standard InChI is InChI=1S/C9H6BrNS/c10-9-8(2-1-4-11-9)7-3-5-12-6-7/h1-6H. The second-order valence-electron chi connectivity index (χ2n) is 2.35. The molecule has 2 aromatic rings. The molecule has 3 heteroatoms. The van der Waals surface area contributed by atoms with E-state index in [0.29, 0.717) is 0 Å². The minimum Gasteiger partial charge on any atom is -0.249 e. The molecule has 0 fully saturated rings. The molecule has 0 N–H and O–H groups in total. The number of aromatic nitrogens is 1. The molecule has 0 spiro atoms. The van der Waals surface area contributed by atoms with Gasteiger partial charge < -0.3 is 0 Å². The van der Waals surface area contributed by atoms with Crippen molar-refractivity contribution in [2.75, 3.05) is 0 Å². The molecule has 1 nitrogen and oxygen atoms in total. The molecule has 0 bridgehead atoms. The first kappa shape index (κ1) is 7.95. The molecule has 2 rings (SSSR count). The molecule has 60 valence electrons. The summed E-state index contributed by atoms with van der Waals surface area (Å²) in [7, 11) is 0. The highest BCUT2D eigenvalue weighted by Gasteiger charge is 2.01. The van der Waals surface area contributed by atoms with Gasteiger partial charge in [-0.25, -0.2) is 4.98 Å². The molecule has 0 saturated carbocycles. The Labute approximate surface area is 83.2 Å². The van der Waals surface area contributed by atoms with Crippen LogP contribution in [0.1, 0.15) is 0 Å². The summed E-state index contributed by atoms with van der Waals surface area (Å²) in [6.45, 7) is 0. The van der Waals surface area contributed by atoms with E-state index in [2.05, 4.69) is 43.8 Å². The summed E-state index contributed by atoms with van der Waals surface area (Å²) in [6.07, 6.45) is 1.78. The SMILES string of the molecule is Brc1ncccc1-c1ccsc1. The molecule has 0 atom stereocenters. The van der Waals surface area contributed by atoms with Gasteiger partial charge >= 0.3 is 0 Å². The lowest BCUT2D eigenvalue weighted by Gasteiger charge is -1.98. The van der Waals surface area contributed by atoms with E-state index in [1.807, 2.05) is 6.07 Å². The first-order valence-corrected chi connectivity index (χ1v) is 5.24. The number of rotatable bonds is 1. The Morgan fingerprint density at radius 3 is 2.92 bits per heavy atom. The van der Waals surface area contributed by atoms with Crippen molar-refractivity contribution in [1.29, 1.82) is 0 Å². The van der Waals surface area contributed by atoms with E-state index < -0.39 is 0 Å². The Morgan fingerprint density at radius 2 is 2.25 bits per heavy atom. The smallest absolute Gasteiger partial charge is 0.113 e. The van der Waals surface area contributed by atoms with Gasteiger partial charge in [-0.3, -0.25) is 0 Å². The molecule has 0 amide bonds. The topological polar surface area (TPSA) is 12.9 Å². The van der Waals surface area contributed by atoms with Crippen molar-refractivity contribution in [3.63, 3.8) is 0 Å². The number of hydrogen-bond acceptors (Lipinski definition) is 2. The average molecular weight is 240 g/mol. The van der Waals surface area contributed by atoms with Crippen molar-refractivity contribution in [1.82, 2.24) is 4.98 Å². The van der Waals surface area contributed by atoms with Gasteiger partial charge in [0, 0.05) is 11.8 Å². The first-order chi connectivity index (χ1) is 5.88. The highest BCUT2D eigenvalue weighted by molar-refractivity contribution is 9.10. The van der Waals surface area contributed by atoms with Gasteiger partial charge in [-0.05, 0) is 44.4 Å². The van der Waals surface area contributed by atoms with Gasteiger partial charge in [-0.15, -0.1) is 0 Å². The van der Waals surface area contributed by atoms with E-state index in [4.69, 9.17) is 0 Å². The fourth-order valence-corrected chi connectivity index (χ4v) is 2.15. The third-order valence-corrected chi connectivity index (χ3v) is 2.91. The van der Waals surface area contributed by atoms with Crippen LogP contribution in [0.2, 0.25) is 0 Å². The van der Waals surface area contributed by atoms with Gasteiger partial charge in [0.05, 0.1) is 0 Å². The molecule has 0 saturated heterocycles. The van der Waals surface area contributed by atoms with Gasteiger partial charge in [0.25, 0.3) is 0 Å². The Hall–Kier alpha value is -0.670. The Bertz CT molecular complexity index is 370. The van der Waals surface area contributed by atoms with E-state index in [0.717, 1.165) is 10.2 Å². The molecular formula is C9H6BrNS. The molecule has 2 heterocycles. The van der Waals surface area contributed by atoms with Crippen LogP contribution < -0.4 is 0 Å². The molecule has 0 radical (unpaired) electrons. The zero-order chi connectivity index (χ0) is 8.39. The quantitative estimate of drug-likeness (QED) is 0.694. The summed E-state index contributed by atoms with van der Waals surface area (Å²) < 4.78 is 0.906. The summed E-state index contributed by atoms with van der Waals surface area (Å²) in [5, 5.41) is 4.18. The third kappa shape index (κ3) is 1.42. The predicted octanol–water partition coefficient (Wildman–Crippen LogP) is 3.57. The number of hydrogen-bond donors (Lipinski definition) is 0. The zero-order valence-electron chi connectivity index (χ0n) is 6.20. The molecule has 0 aliphatic rings. The van der Waals surface area contributed by atoms with Crippen LogP contribution in [-0.4, -0.2) is 4.98 Å². The van der Waals surface area contributed by atoms with E-state index in [1.165, 1.54) is 5.56 Å². The van der Waals surface area contributed by atoms with Crippen molar-refractivity contribution in [3.05, 3.63) is 39.8 Å². The largest absolute Gasteiger partial charge is 0.249 e. The van der Waals surface area contributed by atoms with Gasteiger partial charge in [-0.2, -0.15) is 11.3 Å². The lowest BCUT2D eigenvalue weighted by atomic mass is 10.2. The fourth-order valence-electron chi connectivity index (χ4n) is 1.02. The summed E-state index contributed by atoms with van der Waals surface area (Å²) in [6, 6.07) is 6.09. The van der Waals surface area contributed by atoms with Gasteiger partial charge in [0.1, 0.15) is 4.60 Å². The van der Waals surface area contributed by atoms with Crippen LogP contribution in [0.15, 0.2) is 39.8 Å². The second kappa shape index (κ2) is 3.37. The summed E-state index contributed by atoms with van der Waals surface area (Å²) in [5.41, 5.74) is 2.37. The number of nitrogens with zero attached hydrogens (tertiary/aromatic N) is 1. The third-order valence-electron chi connectivity index (χ3n) is 1.59. The minimum atomic E-state index is 0.906. The van der Waals surface area contributed by atoms with Crippen LogP contribution in [0.5, 0.6) is 0 Å². The van der Waals surface area contributed by atoms with Gasteiger partial charge in [0.15, 0.2) is 0 Å². The van der Waals surface area contributed by atoms with Crippen molar-refractivity contribution < 1.29 is 0 Å². The maximum Gasteiger partial charge on any atom is 0.113 e. The predicted molar refractivity (Wildman–Crippen MR) is 55.3 cm³/mol. The minimum absolute atomic E-state index is 0.906. The lowest BCUT2D eigenvalue weighted by molar-refractivity contribution is 1.28. The van der Waals surface area contributed by atoms with Crippen LogP contribution in [0.25, 0.3) is 11.1 Å². The van der Waals surface area contributed by atoms with Crippen LogP contribution in [0, 0.1) is 0 Å². The highest BCUT2D eigenvalue weighted by Crippen LogP contribution is 2.27. The molecule has 0 aliphatic carbocycles. The monoisotopic (exact) mass is 239 g/mol. The molecular weight excluding hydrogens is 234 g/mol. The van der Waals surface area contributed by atoms with Gasteiger partial charge in [0.2, 0.25) is 0 Å². The van der Waals surface area contributed by atoms with Crippen LogP contribution in [0.3, 0.4) is 0 Å². The molecule has 0 unspecified atom stereocenters. The molecule has 0 aliphatic heterocycles. The zero-order valence-corrected chi connectivity index (χ0v) is 8.60. The van der Waals surface area contributed by atoms with Crippen LogP contribution in [0.4, 0.5) is 0 Å². The maximum absolute atomic E-state index is 4.16. The number of pyridine rings is 1. The summed E-state index contributed by atoms with van der Waals surface area (Å²) in [5.74, 6) is 0. The van der Waals surface area contributed by atoms with E-state index in [1.54, 1.807) is 17.5 Å². The highest BCUT2D eigenvalue weighted by atomic mass is 79.9. The lowest BCUT2D eigenvalue weighted by Crippen LogP contribution is -1.78. The van der Waals surface area contributed by atoms with Crippen molar-refractivity contribution in [3.8, 4) is 11.1 Å². The summed E-state index contributed by atoms with van der Waals surface area (Å²) in [4.78, 5) is 4.16. The van der Waals surface area contributed by atoms with E-state index in [9.17, 15) is 0 Å². The maximum atomic E-state index is 4.16. The van der Waals surface area contributed by atoms with Crippen molar-refractivity contribution >= 4 is 27.3 Å². The molecule has 2 aromatic heterocycles. The Kier molecular flexibility index (Phi) is 2.23.